The lowest BCUT2D eigenvalue weighted by atomic mass is 9.66. The highest BCUT2D eigenvalue weighted by Crippen LogP contribution is 2.78. The Morgan fingerprint density at radius 2 is 1.30 bits per heavy atom. The number of hydrogen-bond acceptors (Lipinski definition) is 2. The molecule has 6 atom stereocenters. The van der Waals surface area contributed by atoms with Crippen molar-refractivity contribution in [1.29, 1.82) is 0 Å². The molecule has 0 aromatic heterocycles. The number of fused-ring (bicyclic) bond motifs is 12. The molecule has 1 aromatic rings. The Balaban J connectivity index is 1.78. The third kappa shape index (κ3) is 0.839. The van der Waals surface area contributed by atoms with Gasteiger partial charge >= 0.3 is 0 Å². The normalized spacial score (nSPS) is 52.4. The van der Waals surface area contributed by atoms with E-state index in [9.17, 15) is 0 Å². The van der Waals surface area contributed by atoms with Crippen molar-refractivity contribution in [3.05, 3.63) is 35.4 Å². The molecule has 2 nitrogen and oxygen atoms in total. The molecule has 20 heavy (non-hydrogen) atoms. The van der Waals surface area contributed by atoms with Gasteiger partial charge in [-0.05, 0) is 55.1 Å². The van der Waals surface area contributed by atoms with Gasteiger partial charge in [-0.2, -0.15) is 10.2 Å². The molecule has 0 amide bonds. The van der Waals surface area contributed by atoms with Gasteiger partial charge in [-0.25, -0.2) is 0 Å². The van der Waals surface area contributed by atoms with Crippen molar-refractivity contribution in [1.82, 2.24) is 0 Å². The Labute approximate surface area is 120 Å². The number of nitrogens with zero attached hydrogens (tertiary/aromatic N) is 2. The Morgan fingerprint density at radius 1 is 0.850 bits per heavy atom. The summed E-state index contributed by atoms with van der Waals surface area (Å²) in [5.41, 5.74) is 3.46. The van der Waals surface area contributed by atoms with Gasteiger partial charge in [0.05, 0.1) is 11.1 Å². The van der Waals surface area contributed by atoms with Gasteiger partial charge in [-0.15, -0.1) is 0 Å². The van der Waals surface area contributed by atoms with E-state index in [1.807, 2.05) is 0 Å². The van der Waals surface area contributed by atoms with Crippen LogP contribution in [0.5, 0.6) is 0 Å². The highest BCUT2D eigenvalue weighted by molar-refractivity contribution is 5.49. The molecule has 0 spiro atoms. The fourth-order valence-corrected chi connectivity index (χ4v) is 6.31. The van der Waals surface area contributed by atoms with Crippen LogP contribution in [-0.4, -0.2) is 11.1 Å². The van der Waals surface area contributed by atoms with Crippen molar-refractivity contribution < 1.29 is 0 Å². The van der Waals surface area contributed by atoms with Gasteiger partial charge in [0, 0.05) is 5.41 Å². The number of rotatable bonds is 0. The van der Waals surface area contributed by atoms with Crippen LogP contribution >= 0.6 is 0 Å². The summed E-state index contributed by atoms with van der Waals surface area (Å²) >= 11 is 0. The van der Waals surface area contributed by atoms with E-state index in [-0.39, 0.29) is 16.5 Å². The Hall–Kier alpha value is -1.18. The fraction of sp³-hybridized carbons (Fsp3) is 0.667. The van der Waals surface area contributed by atoms with Crippen molar-refractivity contribution in [2.24, 2.45) is 27.5 Å². The Kier molecular flexibility index (Phi) is 1.65. The van der Waals surface area contributed by atoms with Crippen LogP contribution in [0.4, 0.5) is 0 Å². The lowest BCUT2D eigenvalue weighted by Crippen LogP contribution is -2.45. The average molecular weight is 266 g/mol. The van der Waals surface area contributed by atoms with E-state index < -0.39 is 0 Å². The summed E-state index contributed by atoms with van der Waals surface area (Å²) in [6.07, 6.45) is 1.33. The van der Waals surface area contributed by atoms with E-state index in [1.54, 1.807) is 11.1 Å². The third-order valence-corrected chi connectivity index (χ3v) is 7.85. The molecule has 0 radical (unpaired) electrons. The lowest BCUT2D eigenvalue weighted by Gasteiger charge is -2.38. The summed E-state index contributed by atoms with van der Waals surface area (Å²) in [4.78, 5) is 0. The molecule has 5 rings (SSSR count). The standard InChI is InChI=1S/C18H22N2/c1-16(2)17(3)14-12-9-13(11-8-6-5-7-10(11)12)15(14)18(16,4)20-19-17/h5-8,12-15H,9H2,1-4H3/t12-,13+,14+,15-,17+,18-. The van der Waals surface area contributed by atoms with Crippen LogP contribution in [-0.2, 0) is 0 Å². The quantitative estimate of drug-likeness (QED) is 0.616. The second kappa shape index (κ2) is 2.88. The van der Waals surface area contributed by atoms with E-state index in [0.29, 0.717) is 23.7 Å². The van der Waals surface area contributed by atoms with E-state index in [2.05, 4.69) is 52.0 Å². The molecule has 0 N–H and O–H groups in total. The first kappa shape index (κ1) is 11.5. The number of azo groups is 1. The van der Waals surface area contributed by atoms with E-state index in [4.69, 9.17) is 10.2 Å². The second-order valence-electron chi connectivity index (χ2n) is 8.25. The minimum atomic E-state index is 0.0271. The van der Waals surface area contributed by atoms with Crippen LogP contribution in [0.3, 0.4) is 0 Å². The van der Waals surface area contributed by atoms with Gasteiger partial charge in [0.15, 0.2) is 0 Å². The molecule has 2 heteroatoms. The maximum absolute atomic E-state index is 4.82. The van der Waals surface area contributed by atoms with Crippen molar-refractivity contribution in [3.63, 3.8) is 0 Å². The number of benzene rings is 1. The molecule has 1 aromatic carbocycles. The molecule has 104 valence electrons. The van der Waals surface area contributed by atoms with Crippen molar-refractivity contribution in [2.75, 3.05) is 0 Å². The van der Waals surface area contributed by atoms with Crippen LogP contribution in [0.1, 0.15) is 57.1 Å². The maximum Gasteiger partial charge on any atom is 0.0900 e. The van der Waals surface area contributed by atoms with Gasteiger partial charge in [0.25, 0.3) is 0 Å². The Morgan fingerprint density at radius 3 is 1.75 bits per heavy atom. The van der Waals surface area contributed by atoms with Crippen LogP contribution < -0.4 is 0 Å². The smallest absolute Gasteiger partial charge is 0.0900 e. The first-order valence-corrected chi connectivity index (χ1v) is 7.95. The molecule has 2 saturated carbocycles. The summed E-state index contributed by atoms with van der Waals surface area (Å²) < 4.78 is 0. The number of hydrogen-bond donors (Lipinski definition) is 0. The lowest BCUT2D eigenvalue weighted by molar-refractivity contribution is 0.162. The van der Waals surface area contributed by atoms with Gasteiger partial charge in [-0.3, -0.25) is 0 Å². The van der Waals surface area contributed by atoms with E-state index in [1.165, 1.54) is 6.42 Å². The minimum absolute atomic E-state index is 0.0271. The topological polar surface area (TPSA) is 24.7 Å². The maximum atomic E-state index is 4.82. The van der Waals surface area contributed by atoms with Crippen molar-refractivity contribution in [3.8, 4) is 0 Å². The third-order valence-electron chi connectivity index (χ3n) is 7.85. The summed E-state index contributed by atoms with van der Waals surface area (Å²) in [6, 6.07) is 9.13. The van der Waals surface area contributed by atoms with Crippen LogP contribution in [0.25, 0.3) is 0 Å². The van der Waals surface area contributed by atoms with Gasteiger partial charge in [-0.1, -0.05) is 38.1 Å². The zero-order valence-electron chi connectivity index (χ0n) is 12.7. The summed E-state index contributed by atoms with van der Waals surface area (Å²) in [7, 11) is 0. The predicted molar refractivity (Wildman–Crippen MR) is 79.0 cm³/mol. The molecule has 0 saturated heterocycles. The Bertz CT molecular complexity index is 608. The molecular formula is C18H22N2. The molecule has 1 heterocycles. The summed E-state index contributed by atoms with van der Waals surface area (Å²) in [5.74, 6) is 2.82. The molecule has 4 aliphatic rings. The largest absolute Gasteiger partial charge is 0.186 e. The molecule has 4 bridgehead atoms. The average Bonchev–Trinajstić information content (AvgIpc) is 3.07. The van der Waals surface area contributed by atoms with Gasteiger partial charge in [0.2, 0.25) is 0 Å². The van der Waals surface area contributed by atoms with E-state index in [0.717, 1.165) is 0 Å². The zero-order valence-corrected chi connectivity index (χ0v) is 12.7. The first-order valence-electron chi connectivity index (χ1n) is 7.95. The minimum Gasteiger partial charge on any atom is -0.186 e. The second-order valence-corrected chi connectivity index (χ2v) is 8.25. The van der Waals surface area contributed by atoms with Gasteiger partial charge < -0.3 is 0 Å². The zero-order chi connectivity index (χ0) is 13.9. The molecule has 1 aliphatic heterocycles. The predicted octanol–water partition coefficient (Wildman–Crippen LogP) is 4.53. The molecular weight excluding hydrogens is 244 g/mol. The SMILES string of the molecule is CC1(C)[C@@]2(C)N=N[C@]1(C)[C@H]1[C@@H]2[C@@H]2C[C@H]1c1ccccc12. The van der Waals surface area contributed by atoms with Crippen LogP contribution in [0.2, 0.25) is 0 Å². The molecule has 0 unspecified atom stereocenters. The molecule has 3 aliphatic carbocycles. The van der Waals surface area contributed by atoms with E-state index >= 15 is 0 Å². The highest BCUT2D eigenvalue weighted by atomic mass is 15.3. The highest BCUT2D eigenvalue weighted by Gasteiger charge is 2.78. The van der Waals surface area contributed by atoms with Crippen LogP contribution in [0, 0.1) is 17.3 Å². The fourth-order valence-electron chi connectivity index (χ4n) is 6.31. The molecule has 2 fully saturated rings. The summed E-state index contributed by atoms with van der Waals surface area (Å²) in [6.45, 7) is 9.54. The van der Waals surface area contributed by atoms with Crippen molar-refractivity contribution >= 4 is 0 Å². The van der Waals surface area contributed by atoms with Crippen LogP contribution in [0.15, 0.2) is 34.5 Å². The van der Waals surface area contributed by atoms with Crippen molar-refractivity contribution in [2.45, 2.75) is 57.0 Å². The van der Waals surface area contributed by atoms with Gasteiger partial charge in [0.1, 0.15) is 0 Å². The first-order chi connectivity index (χ1) is 9.42. The monoisotopic (exact) mass is 266 g/mol. The summed E-state index contributed by atoms with van der Waals surface area (Å²) in [5, 5.41) is 9.64.